The van der Waals surface area contributed by atoms with E-state index in [2.05, 4.69) is 28.2 Å². The number of rotatable bonds is 5. The van der Waals surface area contributed by atoms with E-state index in [-0.39, 0.29) is 18.9 Å². The van der Waals surface area contributed by atoms with Gasteiger partial charge in [0.25, 0.3) is 0 Å². The van der Waals surface area contributed by atoms with Gasteiger partial charge in [-0.15, -0.1) is 0 Å². The number of hydrogen-bond acceptors (Lipinski definition) is 4. The number of aliphatic hydroxyl groups is 1. The summed E-state index contributed by atoms with van der Waals surface area (Å²) in [6, 6.07) is 4.18. The molecule has 0 saturated carbocycles. The summed E-state index contributed by atoms with van der Waals surface area (Å²) >= 11 is 3.53. The van der Waals surface area contributed by atoms with Crippen LogP contribution in [0.3, 0.4) is 0 Å². The average molecular weight is 316 g/mol. The molecular formula is C13H18BrNO3. The van der Waals surface area contributed by atoms with E-state index in [1.165, 1.54) is 0 Å². The maximum Gasteiger partial charge on any atom is 0.231 e. The highest BCUT2D eigenvalue weighted by atomic mass is 79.9. The van der Waals surface area contributed by atoms with Gasteiger partial charge in [-0.2, -0.15) is 0 Å². The fourth-order valence-electron chi connectivity index (χ4n) is 1.97. The van der Waals surface area contributed by atoms with E-state index in [4.69, 9.17) is 9.47 Å². The van der Waals surface area contributed by atoms with Crippen molar-refractivity contribution in [2.75, 3.05) is 6.79 Å². The number of halogens is 1. The van der Waals surface area contributed by atoms with E-state index in [1.807, 2.05) is 12.1 Å². The lowest BCUT2D eigenvalue weighted by Crippen LogP contribution is -2.28. The van der Waals surface area contributed by atoms with Crippen molar-refractivity contribution < 1.29 is 14.6 Å². The first-order valence-corrected chi connectivity index (χ1v) is 6.85. The molecule has 1 aromatic rings. The summed E-state index contributed by atoms with van der Waals surface area (Å²) in [7, 11) is 0. The molecule has 2 atom stereocenters. The summed E-state index contributed by atoms with van der Waals surface area (Å²) in [5.74, 6) is 1.57. The van der Waals surface area contributed by atoms with Crippen LogP contribution in [0, 0.1) is 0 Å². The highest BCUT2D eigenvalue weighted by Gasteiger charge is 2.16. The summed E-state index contributed by atoms with van der Waals surface area (Å²) < 4.78 is 11.7. The Kier molecular flexibility index (Phi) is 4.48. The van der Waals surface area contributed by atoms with Crippen LogP contribution in [0.15, 0.2) is 16.6 Å². The first kappa shape index (κ1) is 13.6. The third-order valence-electron chi connectivity index (χ3n) is 2.88. The van der Waals surface area contributed by atoms with Gasteiger partial charge >= 0.3 is 0 Å². The highest BCUT2D eigenvalue weighted by Crippen LogP contribution is 2.36. The van der Waals surface area contributed by atoms with Gasteiger partial charge in [-0.25, -0.2) is 0 Å². The van der Waals surface area contributed by atoms with Gasteiger partial charge in [0, 0.05) is 17.1 Å². The van der Waals surface area contributed by atoms with E-state index in [0.717, 1.165) is 34.5 Å². The molecule has 0 amide bonds. The number of nitrogens with one attached hydrogen (secondary N) is 1. The topological polar surface area (TPSA) is 50.7 Å². The van der Waals surface area contributed by atoms with Crippen molar-refractivity contribution in [3.8, 4) is 11.5 Å². The van der Waals surface area contributed by atoms with Gasteiger partial charge in [0.1, 0.15) is 0 Å². The Morgan fingerprint density at radius 3 is 2.67 bits per heavy atom. The molecular weight excluding hydrogens is 298 g/mol. The van der Waals surface area contributed by atoms with Gasteiger partial charge in [-0.1, -0.05) is 15.9 Å². The first-order chi connectivity index (χ1) is 8.56. The lowest BCUT2D eigenvalue weighted by molar-refractivity contribution is 0.170. The van der Waals surface area contributed by atoms with Crippen molar-refractivity contribution in [2.24, 2.45) is 0 Å². The number of fused-ring (bicyclic) bond motifs is 1. The molecule has 2 N–H and O–H groups in total. The van der Waals surface area contributed by atoms with Crippen LogP contribution in [0.2, 0.25) is 0 Å². The van der Waals surface area contributed by atoms with Crippen LogP contribution in [0.5, 0.6) is 11.5 Å². The predicted octanol–water partition coefficient (Wildman–Crippen LogP) is 2.43. The smallest absolute Gasteiger partial charge is 0.231 e. The average Bonchev–Trinajstić information content (AvgIpc) is 2.71. The van der Waals surface area contributed by atoms with Gasteiger partial charge in [-0.3, -0.25) is 0 Å². The Morgan fingerprint density at radius 1 is 1.33 bits per heavy atom. The normalized spacial score (nSPS) is 16.7. The van der Waals surface area contributed by atoms with Crippen molar-refractivity contribution in [1.29, 1.82) is 0 Å². The Balaban J connectivity index is 1.97. The minimum absolute atomic E-state index is 0.266. The second-order valence-electron chi connectivity index (χ2n) is 4.66. The summed E-state index contributed by atoms with van der Waals surface area (Å²) in [6.45, 7) is 4.88. The molecule has 2 unspecified atom stereocenters. The number of benzene rings is 1. The van der Waals surface area contributed by atoms with Crippen LogP contribution in [-0.4, -0.2) is 24.0 Å². The monoisotopic (exact) mass is 315 g/mol. The maximum atomic E-state index is 9.32. The standard InChI is InChI=1S/C13H18BrNO3/c1-8(3-9(2)16)15-6-10-4-12-13(5-11(10)14)18-7-17-12/h4-5,8-9,15-16H,3,6-7H2,1-2H3. The van der Waals surface area contributed by atoms with Crippen LogP contribution >= 0.6 is 15.9 Å². The molecule has 100 valence electrons. The third-order valence-corrected chi connectivity index (χ3v) is 3.62. The van der Waals surface area contributed by atoms with E-state index in [1.54, 1.807) is 6.92 Å². The lowest BCUT2D eigenvalue weighted by atomic mass is 10.1. The van der Waals surface area contributed by atoms with E-state index in [0.29, 0.717) is 0 Å². The first-order valence-electron chi connectivity index (χ1n) is 6.05. The summed E-state index contributed by atoms with van der Waals surface area (Å²) in [5.41, 5.74) is 1.12. The molecule has 1 aromatic carbocycles. The fraction of sp³-hybridized carbons (Fsp3) is 0.538. The van der Waals surface area contributed by atoms with Crippen molar-refractivity contribution in [1.82, 2.24) is 5.32 Å². The van der Waals surface area contributed by atoms with Crippen LogP contribution in [0.4, 0.5) is 0 Å². The van der Waals surface area contributed by atoms with Crippen molar-refractivity contribution in [3.05, 3.63) is 22.2 Å². The van der Waals surface area contributed by atoms with Gasteiger partial charge in [0.05, 0.1) is 6.10 Å². The lowest BCUT2D eigenvalue weighted by Gasteiger charge is -2.16. The molecule has 0 saturated heterocycles. The number of hydrogen-bond donors (Lipinski definition) is 2. The molecule has 1 heterocycles. The number of ether oxygens (including phenoxy) is 2. The molecule has 5 heteroatoms. The second-order valence-corrected chi connectivity index (χ2v) is 5.52. The van der Waals surface area contributed by atoms with Gasteiger partial charge in [0.15, 0.2) is 11.5 Å². The Bertz CT molecular complexity index is 423. The zero-order valence-electron chi connectivity index (χ0n) is 10.6. The second kappa shape index (κ2) is 5.91. The van der Waals surface area contributed by atoms with Crippen molar-refractivity contribution in [2.45, 2.75) is 39.0 Å². The Morgan fingerprint density at radius 2 is 2.00 bits per heavy atom. The minimum Gasteiger partial charge on any atom is -0.454 e. The van der Waals surface area contributed by atoms with E-state index < -0.39 is 0 Å². The molecule has 2 rings (SSSR count). The van der Waals surface area contributed by atoms with E-state index in [9.17, 15) is 5.11 Å². The van der Waals surface area contributed by atoms with Crippen LogP contribution in [-0.2, 0) is 6.54 Å². The molecule has 0 fully saturated rings. The fourth-order valence-corrected chi connectivity index (χ4v) is 2.44. The molecule has 0 spiro atoms. The molecule has 18 heavy (non-hydrogen) atoms. The summed E-state index contributed by atoms with van der Waals surface area (Å²) in [6.07, 6.45) is 0.454. The van der Waals surface area contributed by atoms with Gasteiger partial charge in [0.2, 0.25) is 6.79 Å². The molecule has 4 nitrogen and oxygen atoms in total. The third kappa shape index (κ3) is 3.37. The molecule has 0 aliphatic carbocycles. The largest absolute Gasteiger partial charge is 0.454 e. The molecule has 0 aromatic heterocycles. The van der Waals surface area contributed by atoms with Crippen LogP contribution in [0.25, 0.3) is 0 Å². The van der Waals surface area contributed by atoms with Crippen LogP contribution in [0.1, 0.15) is 25.8 Å². The summed E-state index contributed by atoms with van der Waals surface area (Å²) in [4.78, 5) is 0. The molecule has 1 aliphatic rings. The zero-order valence-corrected chi connectivity index (χ0v) is 12.2. The van der Waals surface area contributed by atoms with E-state index >= 15 is 0 Å². The van der Waals surface area contributed by atoms with Crippen LogP contribution < -0.4 is 14.8 Å². The SMILES string of the molecule is CC(O)CC(C)NCc1cc2c(cc1Br)OCO2. The molecule has 0 radical (unpaired) electrons. The minimum atomic E-state index is -0.285. The maximum absolute atomic E-state index is 9.32. The Hall–Kier alpha value is -0.780. The van der Waals surface area contributed by atoms with Gasteiger partial charge in [-0.05, 0) is 38.0 Å². The molecule has 0 bridgehead atoms. The Labute approximate surface area is 115 Å². The quantitative estimate of drug-likeness (QED) is 0.876. The summed E-state index contributed by atoms with van der Waals surface area (Å²) in [5, 5.41) is 12.7. The highest BCUT2D eigenvalue weighted by molar-refractivity contribution is 9.10. The number of aliphatic hydroxyl groups excluding tert-OH is 1. The van der Waals surface area contributed by atoms with Crippen molar-refractivity contribution in [3.63, 3.8) is 0 Å². The molecule has 1 aliphatic heterocycles. The predicted molar refractivity (Wildman–Crippen MR) is 72.9 cm³/mol. The van der Waals surface area contributed by atoms with Gasteiger partial charge < -0.3 is 19.9 Å². The van der Waals surface area contributed by atoms with Crippen molar-refractivity contribution >= 4 is 15.9 Å². The zero-order chi connectivity index (χ0) is 13.1.